The van der Waals surface area contributed by atoms with E-state index in [1.165, 1.54) is 26.5 Å². The molecule has 1 aliphatic heterocycles. The van der Waals surface area contributed by atoms with Gasteiger partial charge < -0.3 is 28.6 Å². The van der Waals surface area contributed by atoms with E-state index in [9.17, 15) is 9.59 Å². The Morgan fingerprint density at radius 1 is 1.02 bits per heavy atom. The molecule has 1 aliphatic carbocycles. The summed E-state index contributed by atoms with van der Waals surface area (Å²) in [6.45, 7) is 4.50. The Morgan fingerprint density at radius 3 is 2.51 bits per heavy atom. The molecule has 1 saturated heterocycles. The summed E-state index contributed by atoms with van der Waals surface area (Å²) in [4.78, 5) is 32.9. The number of ether oxygens (including phenoxy) is 3. The van der Waals surface area contributed by atoms with Crippen LogP contribution in [0.1, 0.15) is 61.0 Å². The highest BCUT2D eigenvalue weighted by Gasteiger charge is 2.25. The van der Waals surface area contributed by atoms with Crippen molar-refractivity contribution in [3.63, 3.8) is 0 Å². The van der Waals surface area contributed by atoms with E-state index in [0.29, 0.717) is 41.4 Å². The van der Waals surface area contributed by atoms with E-state index in [1.54, 1.807) is 36.2 Å². The summed E-state index contributed by atoms with van der Waals surface area (Å²) in [5.74, 6) is -0.0140. The number of nitrogens with zero attached hydrogens (tertiary/aromatic N) is 4. The van der Waals surface area contributed by atoms with Crippen molar-refractivity contribution in [2.75, 3.05) is 50.3 Å². The largest absolute Gasteiger partial charge is 0.489 e. The zero-order valence-corrected chi connectivity index (χ0v) is 26.1. The van der Waals surface area contributed by atoms with E-state index in [-0.39, 0.29) is 18.6 Å². The molecule has 236 valence electrons. The van der Waals surface area contributed by atoms with Gasteiger partial charge in [-0.15, -0.1) is 0 Å². The normalized spacial score (nSPS) is 15.7. The molecule has 0 bridgehead atoms. The van der Waals surface area contributed by atoms with Crippen molar-refractivity contribution in [1.82, 2.24) is 9.55 Å². The molecular formula is C35H39FN4O5. The molecule has 0 atom stereocenters. The van der Waals surface area contributed by atoms with E-state index >= 15 is 4.39 Å². The highest BCUT2D eigenvalue weighted by molar-refractivity contribution is 5.94. The molecule has 1 saturated carbocycles. The quantitative estimate of drug-likeness (QED) is 0.209. The van der Waals surface area contributed by atoms with Crippen molar-refractivity contribution in [2.24, 2.45) is 0 Å². The van der Waals surface area contributed by atoms with Gasteiger partial charge in [-0.05, 0) is 61.4 Å². The standard InChI is InChI=1S/C35H39FN4O5/c1-23(41)38(2)27-10-14-32(39-15-17-44-18-16-39)25(19-27)22-45-28-11-12-29(30(36)21-28)34-37-31-20-24(35(42)43-3)9-13-33(31)40(34)26-7-5-4-6-8-26/h9-14,19-21,26H,4-8,15-18,22H2,1-3H3. The lowest BCUT2D eigenvalue weighted by Gasteiger charge is -2.31. The Balaban J connectivity index is 1.31. The molecule has 0 radical (unpaired) electrons. The van der Waals surface area contributed by atoms with Crippen LogP contribution in [0.4, 0.5) is 15.8 Å². The number of carbonyl (C=O) groups excluding carboxylic acids is 2. The number of benzene rings is 3. The molecule has 10 heteroatoms. The number of rotatable bonds is 8. The number of imidazole rings is 1. The number of halogens is 1. The first-order valence-corrected chi connectivity index (χ1v) is 15.6. The maximum atomic E-state index is 16.0. The topological polar surface area (TPSA) is 86.1 Å². The Labute approximate surface area is 262 Å². The minimum atomic E-state index is -0.438. The molecule has 9 nitrogen and oxygen atoms in total. The maximum Gasteiger partial charge on any atom is 0.337 e. The van der Waals surface area contributed by atoms with Crippen molar-refractivity contribution >= 4 is 34.3 Å². The number of methoxy groups -OCH3 is 1. The zero-order valence-electron chi connectivity index (χ0n) is 26.1. The number of aromatic nitrogens is 2. The first kappa shape index (κ1) is 30.6. The number of hydrogen-bond donors (Lipinski definition) is 0. The van der Waals surface area contributed by atoms with Gasteiger partial charge in [0, 0.05) is 56.1 Å². The van der Waals surface area contributed by atoms with Gasteiger partial charge in [-0.3, -0.25) is 4.79 Å². The van der Waals surface area contributed by atoms with Crippen LogP contribution in [-0.4, -0.2) is 61.9 Å². The van der Waals surface area contributed by atoms with Crippen LogP contribution in [0, 0.1) is 5.82 Å². The second kappa shape index (κ2) is 13.3. The van der Waals surface area contributed by atoms with E-state index in [1.807, 2.05) is 24.3 Å². The van der Waals surface area contributed by atoms with Gasteiger partial charge in [-0.2, -0.15) is 0 Å². The molecule has 0 spiro atoms. The second-order valence-electron chi connectivity index (χ2n) is 11.7. The summed E-state index contributed by atoms with van der Waals surface area (Å²) in [6.07, 6.45) is 5.38. The van der Waals surface area contributed by atoms with Crippen LogP contribution in [0.15, 0.2) is 54.6 Å². The third kappa shape index (κ3) is 6.38. The van der Waals surface area contributed by atoms with Crippen molar-refractivity contribution in [2.45, 2.75) is 51.7 Å². The molecule has 4 aromatic rings. The molecule has 1 amide bonds. The average molecular weight is 615 g/mol. The van der Waals surface area contributed by atoms with Crippen LogP contribution in [0.2, 0.25) is 0 Å². The summed E-state index contributed by atoms with van der Waals surface area (Å²) in [5.41, 5.74) is 4.94. The van der Waals surface area contributed by atoms with Crippen LogP contribution in [0.3, 0.4) is 0 Å². The predicted molar refractivity (Wildman–Crippen MR) is 171 cm³/mol. The van der Waals surface area contributed by atoms with Crippen molar-refractivity contribution in [3.8, 4) is 17.1 Å². The smallest absolute Gasteiger partial charge is 0.337 e. The molecule has 6 rings (SSSR count). The van der Waals surface area contributed by atoms with Gasteiger partial charge in [0.25, 0.3) is 0 Å². The number of fused-ring (bicyclic) bond motifs is 1. The number of hydrogen-bond acceptors (Lipinski definition) is 7. The molecule has 45 heavy (non-hydrogen) atoms. The molecule has 2 fully saturated rings. The van der Waals surface area contributed by atoms with Gasteiger partial charge in [0.05, 0.1) is 42.5 Å². The summed E-state index contributed by atoms with van der Waals surface area (Å²) in [7, 11) is 3.09. The van der Waals surface area contributed by atoms with Crippen molar-refractivity contribution in [3.05, 3.63) is 71.5 Å². The van der Waals surface area contributed by atoms with Crippen molar-refractivity contribution in [1.29, 1.82) is 0 Å². The number of carbonyl (C=O) groups is 2. The summed E-state index contributed by atoms with van der Waals surface area (Å²) in [5, 5.41) is 0. The van der Waals surface area contributed by atoms with E-state index < -0.39 is 11.8 Å². The first-order valence-electron chi connectivity index (χ1n) is 15.6. The molecule has 3 aromatic carbocycles. The lowest BCUT2D eigenvalue weighted by atomic mass is 9.94. The van der Waals surface area contributed by atoms with Gasteiger partial charge in [0.1, 0.15) is 24.0 Å². The molecule has 2 heterocycles. The number of morpholine rings is 1. The number of amides is 1. The molecule has 1 aromatic heterocycles. The monoisotopic (exact) mass is 614 g/mol. The minimum absolute atomic E-state index is 0.0700. The molecular weight excluding hydrogens is 575 g/mol. The molecule has 0 unspecified atom stereocenters. The minimum Gasteiger partial charge on any atom is -0.489 e. The Morgan fingerprint density at radius 2 is 1.80 bits per heavy atom. The van der Waals surface area contributed by atoms with Crippen LogP contribution in [-0.2, 0) is 20.9 Å². The highest BCUT2D eigenvalue weighted by Crippen LogP contribution is 2.38. The fraction of sp³-hybridized carbons (Fsp3) is 0.400. The van der Waals surface area contributed by atoms with E-state index in [0.717, 1.165) is 61.2 Å². The lowest BCUT2D eigenvalue weighted by Crippen LogP contribution is -2.37. The van der Waals surface area contributed by atoms with Crippen LogP contribution < -0.4 is 14.5 Å². The molecule has 2 aliphatic rings. The number of esters is 1. The Kier molecular flexibility index (Phi) is 9.02. The number of anilines is 2. The van der Waals surface area contributed by atoms with Crippen LogP contribution in [0.25, 0.3) is 22.4 Å². The highest BCUT2D eigenvalue weighted by atomic mass is 19.1. The van der Waals surface area contributed by atoms with E-state index in [2.05, 4.69) is 9.47 Å². The summed E-state index contributed by atoms with van der Waals surface area (Å²) in [6, 6.07) is 16.3. The van der Waals surface area contributed by atoms with Gasteiger partial charge in [-0.1, -0.05) is 19.3 Å². The van der Waals surface area contributed by atoms with Gasteiger partial charge >= 0.3 is 5.97 Å². The molecule has 0 N–H and O–H groups in total. The zero-order chi connectivity index (χ0) is 31.5. The second-order valence-corrected chi connectivity index (χ2v) is 11.7. The Hall–Kier alpha value is -4.44. The Bertz CT molecular complexity index is 1710. The van der Waals surface area contributed by atoms with Gasteiger partial charge in [0.15, 0.2) is 0 Å². The van der Waals surface area contributed by atoms with Crippen molar-refractivity contribution < 1.29 is 28.2 Å². The van der Waals surface area contributed by atoms with Crippen LogP contribution in [0.5, 0.6) is 5.75 Å². The van der Waals surface area contributed by atoms with E-state index in [4.69, 9.17) is 19.2 Å². The third-order valence-electron chi connectivity index (χ3n) is 8.90. The fourth-order valence-corrected chi connectivity index (χ4v) is 6.36. The van der Waals surface area contributed by atoms with Gasteiger partial charge in [0.2, 0.25) is 5.91 Å². The third-order valence-corrected chi connectivity index (χ3v) is 8.90. The predicted octanol–water partition coefficient (Wildman–Crippen LogP) is 6.53. The fourth-order valence-electron chi connectivity index (χ4n) is 6.36. The van der Waals surface area contributed by atoms with Crippen LogP contribution >= 0.6 is 0 Å². The lowest BCUT2D eigenvalue weighted by molar-refractivity contribution is -0.116. The van der Waals surface area contributed by atoms with Gasteiger partial charge in [-0.25, -0.2) is 14.2 Å². The summed E-state index contributed by atoms with van der Waals surface area (Å²) >= 11 is 0. The first-order chi connectivity index (χ1) is 21.8. The SMILES string of the molecule is COC(=O)c1ccc2c(c1)nc(-c1ccc(OCc3cc(N(C)C(C)=O)ccc3N3CCOCC3)cc1F)n2C1CCCCC1. The maximum absolute atomic E-state index is 16.0. The summed E-state index contributed by atoms with van der Waals surface area (Å²) < 4.78 is 34.7. The average Bonchev–Trinajstić information content (AvgIpc) is 3.45.